The Morgan fingerprint density at radius 3 is 1.80 bits per heavy atom. The molecule has 20 heavy (non-hydrogen) atoms. The van der Waals surface area contributed by atoms with E-state index in [2.05, 4.69) is 27.7 Å². The van der Waals surface area contributed by atoms with Crippen molar-refractivity contribution in [1.29, 1.82) is 0 Å². The van der Waals surface area contributed by atoms with Crippen LogP contribution in [0.1, 0.15) is 118 Å². The maximum Gasteiger partial charge on any atom is -0.0414 e. The highest BCUT2D eigenvalue weighted by atomic mass is 14.2. The van der Waals surface area contributed by atoms with Gasteiger partial charge in [0.1, 0.15) is 0 Å². The Morgan fingerprint density at radius 1 is 0.500 bits per heavy atom. The quantitative estimate of drug-likeness (QED) is 0.269. The first-order chi connectivity index (χ1) is 9.74. The van der Waals surface area contributed by atoms with E-state index in [9.17, 15) is 0 Å². The Balaban J connectivity index is 3.54. The molecule has 0 radical (unpaired) electrons. The van der Waals surface area contributed by atoms with Crippen LogP contribution in [-0.4, -0.2) is 0 Å². The molecule has 0 aliphatic heterocycles. The van der Waals surface area contributed by atoms with Crippen molar-refractivity contribution in [3.63, 3.8) is 0 Å². The predicted octanol–water partition coefficient (Wildman–Crippen LogP) is 7.76. The van der Waals surface area contributed by atoms with Crippen molar-refractivity contribution < 1.29 is 0 Å². The molecule has 0 N–H and O–H groups in total. The van der Waals surface area contributed by atoms with Crippen LogP contribution in [0.2, 0.25) is 0 Å². The fraction of sp³-hybridized carbons (Fsp3) is 1.00. The maximum atomic E-state index is 2.48. The van der Waals surface area contributed by atoms with Gasteiger partial charge >= 0.3 is 0 Å². The molecule has 0 aromatic heterocycles. The molecule has 0 spiro atoms. The molecule has 0 aliphatic carbocycles. The van der Waals surface area contributed by atoms with E-state index in [0.717, 1.165) is 11.8 Å². The molecule has 0 amide bonds. The molecule has 0 heteroatoms. The van der Waals surface area contributed by atoms with Crippen molar-refractivity contribution >= 4 is 0 Å². The zero-order chi connectivity index (χ0) is 15.1. The lowest BCUT2D eigenvalue weighted by Crippen LogP contribution is -2.04. The van der Waals surface area contributed by atoms with Crippen molar-refractivity contribution in [2.45, 2.75) is 118 Å². The van der Waals surface area contributed by atoms with Gasteiger partial charge in [0.15, 0.2) is 0 Å². The maximum absolute atomic E-state index is 2.48. The molecule has 0 saturated heterocycles. The fourth-order valence-electron chi connectivity index (χ4n) is 3.27. The summed E-state index contributed by atoms with van der Waals surface area (Å²) in [5.74, 6) is 1.98. The first-order valence-electron chi connectivity index (χ1n) is 9.74. The van der Waals surface area contributed by atoms with Gasteiger partial charge in [0.05, 0.1) is 0 Å². The minimum atomic E-state index is 0.960. The van der Waals surface area contributed by atoms with Crippen molar-refractivity contribution in [2.75, 3.05) is 0 Å². The fourth-order valence-corrected chi connectivity index (χ4v) is 3.27. The van der Waals surface area contributed by atoms with Crippen LogP contribution >= 0.6 is 0 Å². The smallest absolute Gasteiger partial charge is 0.0414 e. The second-order valence-electron chi connectivity index (χ2n) is 7.04. The summed E-state index contributed by atoms with van der Waals surface area (Å²) < 4.78 is 0. The Labute approximate surface area is 130 Å². The standard InChI is InChI=1S/C20H42/c1-5-8-10-11-12-13-15-19(4)17-18-20(14-7-3)16-9-6-2/h19-20H,5-18H2,1-4H3. The van der Waals surface area contributed by atoms with E-state index in [-0.39, 0.29) is 0 Å². The van der Waals surface area contributed by atoms with Crippen LogP contribution in [0.25, 0.3) is 0 Å². The SMILES string of the molecule is CCCCCCCCC(C)CCC(CCC)CCCC. The number of hydrogen-bond donors (Lipinski definition) is 0. The van der Waals surface area contributed by atoms with Crippen molar-refractivity contribution in [3.8, 4) is 0 Å². The molecule has 2 atom stereocenters. The highest BCUT2D eigenvalue weighted by Gasteiger charge is 2.10. The van der Waals surface area contributed by atoms with Crippen molar-refractivity contribution in [2.24, 2.45) is 11.8 Å². The van der Waals surface area contributed by atoms with Crippen LogP contribution in [0.4, 0.5) is 0 Å². The van der Waals surface area contributed by atoms with E-state index in [0.29, 0.717) is 0 Å². The summed E-state index contributed by atoms with van der Waals surface area (Å²) in [4.78, 5) is 0. The molecule has 0 aromatic rings. The zero-order valence-electron chi connectivity index (χ0n) is 15.1. The molecule has 0 bridgehead atoms. The summed E-state index contributed by atoms with van der Waals surface area (Å²) >= 11 is 0. The van der Waals surface area contributed by atoms with E-state index in [4.69, 9.17) is 0 Å². The molecule has 0 rings (SSSR count). The van der Waals surface area contributed by atoms with Crippen molar-refractivity contribution in [1.82, 2.24) is 0 Å². The van der Waals surface area contributed by atoms with Crippen LogP contribution in [0, 0.1) is 11.8 Å². The Hall–Kier alpha value is 0. The topological polar surface area (TPSA) is 0 Å². The molecule has 0 aliphatic rings. The first-order valence-corrected chi connectivity index (χ1v) is 9.74. The van der Waals surface area contributed by atoms with Gasteiger partial charge in [0, 0.05) is 0 Å². The molecular weight excluding hydrogens is 240 g/mol. The van der Waals surface area contributed by atoms with E-state index in [1.165, 1.54) is 89.9 Å². The highest BCUT2D eigenvalue weighted by Crippen LogP contribution is 2.24. The first kappa shape index (κ1) is 20.0. The van der Waals surface area contributed by atoms with Gasteiger partial charge in [-0.2, -0.15) is 0 Å². The average molecular weight is 283 g/mol. The highest BCUT2D eigenvalue weighted by molar-refractivity contribution is 4.63. The van der Waals surface area contributed by atoms with Gasteiger partial charge in [-0.25, -0.2) is 0 Å². The molecule has 2 unspecified atom stereocenters. The molecular formula is C20H42. The third-order valence-electron chi connectivity index (χ3n) is 4.78. The van der Waals surface area contributed by atoms with Gasteiger partial charge in [0.25, 0.3) is 0 Å². The van der Waals surface area contributed by atoms with Gasteiger partial charge in [-0.05, 0) is 11.8 Å². The summed E-state index contributed by atoms with van der Waals surface area (Å²) in [6.07, 6.45) is 20.2. The van der Waals surface area contributed by atoms with Gasteiger partial charge in [-0.1, -0.05) is 118 Å². The molecule has 0 heterocycles. The zero-order valence-corrected chi connectivity index (χ0v) is 15.1. The van der Waals surface area contributed by atoms with Crippen molar-refractivity contribution in [3.05, 3.63) is 0 Å². The lowest BCUT2D eigenvalue weighted by molar-refractivity contribution is 0.345. The van der Waals surface area contributed by atoms with Gasteiger partial charge in [-0.3, -0.25) is 0 Å². The van der Waals surface area contributed by atoms with Gasteiger partial charge in [0.2, 0.25) is 0 Å². The van der Waals surface area contributed by atoms with Crippen LogP contribution in [-0.2, 0) is 0 Å². The Bertz CT molecular complexity index is 173. The largest absolute Gasteiger partial charge is 0.0654 e. The van der Waals surface area contributed by atoms with Crippen LogP contribution in [0.3, 0.4) is 0 Å². The average Bonchev–Trinajstić information content (AvgIpc) is 2.45. The van der Waals surface area contributed by atoms with Gasteiger partial charge < -0.3 is 0 Å². The second kappa shape index (κ2) is 15.4. The lowest BCUT2D eigenvalue weighted by atomic mass is 9.88. The van der Waals surface area contributed by atoms with E-state index < -0.39 is 0 Å². The summed E-state index contributed by atoms with van der Waals surface area (Å²) in [6.45, 7) is 9.45. The van der Waals surface area contributed by atoms with Gasteiger partial charge in [-0.15, -0.1) is 0 Å². The van der Waals surface area contributed by atoms with Crippen LogP contribution in [0.5, 0.6) is 0 Å². The number of rotatable bonds is 15. The second-order valence-corrected chi connectivity index (χ2v) is 7.04. The molecule has 122 valence electrons. The Kier molecular flexibility index (Phi) is 15.4. The van der Waals surface area contributed by atoms with Crippen LogP contribution in [0.15, 0.2) is 0 Å². The van der Waals surface area contributed by atoms with E-state index >= 15 is 0 Å². The minimum Gasteiger partial charge on any atom is -0.0654 e. The summed E-state index contributed by atoms with van der Waals surface area (Å²) in [6, 6.07) is 0. The van der Waals surface area contributed by atoms with E-state index in [1.54, 1.807) is 0 Å². The van der Waals surface area contributed by atoms with Crippen LogP contribution < -0.4 is 0 Å². The third kappa shape index (κ3) is 13.0. The molecule has 0 saturated carbocycles. The lowest BCUT2D eigenvalue weighted by Gasteiger charge is -2.18. The minimum absolute atomic E-state index is 0.960. The summed E-state index contributed by atoms with van der Waals surface area (Å²) in [5.41, 5.74) is 0. The number of hydrogen-bond acceptors (Lipinski definition) is 0. The normalized spacial score (nSPS) is 14.4. The molecule has 0 fully saturated rings. The summed E-state index contributed by atoms with van der Waals surface area (Å²) in [5, 5.41) is 0. The molecule has 0 aromatic carbocycles. The Morgan fingerprint density at radius 2 is 1.15 bits per heavy atom. The third-order valence-corrected chi connectivity index (χ3v) is 4.78. The summed E-state index contributed by atoms with van der Waals surface area (Å²) in [7, 11) is 0. The monoisotopic (exact) mass is 282 g/mol. The van der Waals surface area contributed by atoms with E-state index in [1.807, 2.05) is 0 Å². The number of unbranched alkanes of at least 4 members (excludes halogenated alkanes) is 6. The molecule has 0 nitrogen and oxygen atoms in total. The predicted molar refractivity (Wildman–Crippen MR) is 94.3 cm³/mol.